The summed E-state index contributed by atoms with van der Waals surface area (Å²) >= 11 is 3.41. The molecule has 0 saturated carbocycles. The number of nitrogens with one attached hydrogen (secondary N) is 1. The molecule has 1 rings (SSSR count). The summed E-state index contributed by atoms with van der Waals surface area (Å²) < 4.78 is 5.18. The van der Waals surface area contributed by atoms with Crippen LogP contribution in [-0.4, -0.2) is 11.7 Å². The Balaban J connectivity index is 2.69. The number of halogens is 1. The largest absolute Gasteiger partial charge is 0.444 e. The summed E-state index contributed by atoms with van der Waals surface area (Å²) in [5.74, 6) is 0. The summed E-state index contributed by atoms with van der Waals surface area (Å²) in [6, 6.07) is 5.78. The van der Waals surface area contributed by atoms with Gasteiger partial charge >= 0.3 is 6.09 Å². The molecular formula is C13H18BrNO2. The molecule has 3 nitrogen and oxygen atoms in total. The normalized spacial score (nSPS) is 11.1. The first kappa shape index (κ1) is 14.0. The van der Waals surface area contributed by atoms with E-state index in [1.807, 2.05) is 45.9 Å². The van der Waals surface area contributed by atoms with Gasteiger partial charge in [0.2, 0.25) is 0 Å². The van der Waals surface area contributed by atoms with Gasteiger partial charge in [-0.25, -0.2) is 4.79 Å². The highest BCUT2D eigenvalue weighted by atomic mass is 79.9. The topological polar surface area (TPSA) is 38.3 Å². The Hall–Kier alpha value is -1.03. The van der Waals surface area contributed by atoms with Crippen molar-refractivity contribution in [3.8, 4) is 0 Å². The molecule has 0 unspecified atom stereocenters. The number of benzene rings is 1. The van der Waals surface area contributed by atoms with Gasteiger partial charge in [0.15, 0.2) is 0 Å². The van der Waals surface area contributed by atoms with Crippen molar-refractivity contribution in [1.82, 2.24) is 0 Å². The Morgan fingerprint density at radius 2 is 2.06 bits per heavy atom. The number of ether oxygens (including phenoxy) is 1. The van der Waals surface area contributed by atoms with E-state index in [1.54, 1.807) is 0 Å². The van der Waals surface area contributed by atoms with Crippen LogP contribution < -0.4 is 5.32 Å². The quantitative estimate of drug-likeness (QED) is 0.830. The maximum Gasteiger partial charge on any atom is 0.412 e. The molecule has 0 atom stereocenters. The minimum atomic E-state index is -0.477. The molecular weight excluding hydrogens is 282 g/mol. The number of hydrogen-bond donors (Lipinski definition) is 1. The van der Waals surface area contributed by atoms with Crippen molar-refractivity contribution < 1.29 is 9.53 Å². The van der Waals surface area contributed by atoms with E-state index in [1.165, 1.54) is 5.56 Å². The SMILES string of the molecule is Cc1cc(NC(=O)OC(C)(C)C)ccc1CBr. The second kappa shape index (κ2) is 5.54. The highest BCUT2D eigenvalue weighted by Gasteiger charge is 2.16. The number of aryl methyl sites for hydroxylation is 1. The third kappa shape index (κ3) is 4.77. The van der Waals surface area contributed by atoms with Gasteiger partial charge in [0.25, 0.3) is 0 Å². The molecule has 0 radical (unpaired) electrons. The van der Waals surface area contributed by atoms with Gasteiger partial charge in [-0.3, -0.25) is 5.32 Å². The lowest BCUT2D eigenvalue weighted by molar-refractivity contribution is 0.0636. The van der Waals surface area contributed by atoms with Crippen molar-refractivity contribution in [3.05, 3.63) is 29.3 Å². The maximum absolute atomic E-state index is 11.6. The summed E-state index contributed by atoms with van der Waals surface area (Å²) in [6.45, 7) is 7.53. The minimum Gasteiger partial charge on any atom is -0.444 e. The summed E-state index contributed by atoms with van der Waals surface area (Å²) in [5, 5.41) is 3.53. The Labute approximate surface area is 111 Å². The molecule has 4 heteroatoms. The first-order chi connectivity index (χ1) is 7.81. The number of rotatable bonds is 2. The van der Waals surface area contributed by atoms with Crippen molar-refractivity contribution in [2.45, 2.75) is 38.6 Å². The van der Waals surface area contributed by atoms with E-state index in [0.29, 0.717) is 0 Å². The molecule has 1 aromatic rings. The van der Waals surface area contributed by atoms with E-state index in [0.717, 1.165) is 16.6 Å². The molecule has 94 valence electrons. The van der Waals surface area contributed by atoms with Gasteiger partial charge in [-0.15, -0.1) is 0 Å². The van der Waals surface area contributed by atoms with Gasteiger partial charge in [-0.1, -0.05) is 22.0 Å². The number of hydrogen-bond acceptors (Lipinski definition) is 2. The molecule has 0 aromatic heterocycles. The standard InChI is InChI=1S/C13H18BrNO2/c1-9-7-11(6-5-10(9)8-14)15-12(16)17-13(2,3)4/h5-7H,8H2,1-4H3,(H,15,16). The third-order valence-corrected chi connectivity index (χ3v) is 2.74. The monoisotopic (exact) mass is 299 g/mol. The molecule has 0 aliphatic heterocycles. The Kier molecular flexibility index (Phi) is 4.57. The van der Waals surface area contributed by atoms with Crippen LogP contribution in [0.4, 0.5) is 10.5 Å². The van der Waals surface area contributed by atoms with Gasteiger partial charge in [0.1, 0.15) is 5.60 Å². The van der Waals surface area contributed by atoms with E-state index in [2.05, 4.69) is 21.2 Å². The van der Waals surface area contributed by atoms with Gasteiger partial charge < -0.3 is 4.74 Å². The van der Waals surface area contributed by atoms with Crippen LogP contribution in [0.3, 0.4) is 0 Å². The fourth-order valence-corrected chi connectivity index (χ4v) is 1.97. The molecule has 17 heavy (non-hydrogen) atoms. The van der Waals surface area contributed by atoms with Gasteiger partial charge in [-0.05, 0) is 51.0 Å². The fraction of sp³-hybridized carbons (Fsp3) is 0.462. The van der Waals surface area contributed by atoms with Crippen LogP contribution >= 0.6 is 15.9 Å². The molecule has 0 spiro atoms. The van der Waals surface area contributed by atoms with E-state index in [-0.39, 0.29) is 0 Å². The molecule has 0 saturated heterocycles. The Morgan fingerprint density at radius 1 is 1.41 bits per heavy atom. The van der Waals surface area contributed by atoms with Crippen molar-refractivity contribution in [2.75, 3.05) is 5.32 Å². The van der Waals surface area contributed by atoms with E-state index < -0.39 is 11.7 Å². The zero-order valence-electron chi connectivity index (χ0n) is 10.6. The number of amides is 1. The average Bonchev–Trinajstić information content (AvgIpc) is 2.14. The van der Waals surface area contributed by atoms with Crippen LogP contribution in [0.15, 0.2) is 18.2 Å². The van der Waals surface area contributed by atoms with E-state index >= 15 is 0 Å². The van der Waals surface area contributed by atoms with Crippen LogP contribution in [0.25, 0.3) is 0 Å². The lowest BCUT2D eigenvalue weighted by atomic mass is 10.1. The zero-order valence-corrected chi connectivity index (χ0v) is 12.2. The minimum absolute atomic E-state index is 0.427. The van der Waals surface area contributed by atoms with Crippen LogP contribution in [-0.2, 0) is 10.1 Å². The van der Waals surface area contributed by atoms with Gasteiger partial charge in [-0.2, -0.15) is 0 Å². The summed E-state index contributed by atoms with van der Waals surface area (Å²) in [4.78, 5) is 11.6. The van der Waals surface area contributed by atoms with E-state index in [4.69, 9.17) is 4.74 Å². The second-order valence-corrected chi connectivity index (χ2v) is 5.46. The van der Waals surface area contributed by atoms with Crippen LogP contribution in [0.2, 0.25) is 0 Å². The van der Waals surface area contributed by atoms with Crippen molar-refractivity contribution in [3.63, 3.8) is 0 Å². The number of alkyl halides is 1. The molecule has 0 aliphatic rings. The molecule has 0 aliphatic carbocycles. The van der Waals surface area contributed by atoms with Crippen LogP contribution in [0, 0.1) is 6.92 Å². The van der Waals surface area contributed by atoms with Gasteiger partial charge in [0, 0.05) is 11.0 Å². The molecule has 1 amide bonds. The summed E-state index contributed by atoms with van der Waals surface area (Å²) in [5.41, 5.74) is 2.62. The maximum atomic E-state index is 11.6. The average molecular weight is 300 g/mol. The lowest BCUT2D eigenvalue weighted by Gasteiger charge is -2.19. The summed E-state index contributed by atoms with van der Waals surface area (Å²) in [7, 11) is 0. The van der Waals surface area contributed by atoms with Crippen molar-refractivity contribution in [2.24, 2.45) is 0 Å². The predicted molar refractivity (Wildman–Crippen MR) is 73.7 cm³/mol. The predicted octanol–water partition coefficient (Wildman–Crippen LogP) is 4.24. The number of carbonyl (C=O) groups excluding carboxylic acids is 1. The lowest BCUT2D eigenvalue weighted by Crippen LogP contribution is -2.27. The van der Waals surface area contributed by atoms with Crippen LogP contribution in [0.5, 0.6) is 0 Å². The highest BCUT2D eigenvalue weighted by molar-refractivity contribution is 9.08. The molecule has 1 aromatic carbocycles. The van der Waals surface area contributed by atoms with Crippen molar-refractivity contribution >= 4 is 27.7 Å². The number of anilines is 1. The van der Waals surface area contributed by atoms with Crippen LogP contribution in [0.1, 0.15) is 31.9 Å². The molecule has 0 fully saturated rings. The van der Waals surface area contributed by atoms with Gasteiger partial charge in [0.05, 0.1) is 0 Å². The highest BCUT2D eigenvalue weighted by Crippen LogP contribution is 2.18. The second-order valence-electron chi connectivity index (χ2n) is 4.90. The zero-order chi connectivity index (χ0) is 13.1. The first-order valence-electron chi connectivity index (χ1n) is 5.47. The molecule has 0 bridgehead atoms. The molecule has 0 heterocycles. The smallest absolute Gasteiger partial charge is 0.412 e. The van der Waals surface area contributed by atoms with E-state index in [9.17, 15) is 4.79 Å². The Bertz CT molecular complexity index is 410. The van der Waals surface area contributed by atoms with Crippen molar-refractivity contribution in [1.29, 1.82) is 0 Å². The molecule has 1 N–H and O–H groups in total. The first-order valence-corrected chi connectivity index (χ1v) is 6.59. The number of carbonyl (C=O) groups is 1. The Morgan fingerprint density at radius 3 is 2.53 bits per heavy atom. The summed E-state index contributed by atoms with van der Waals surface area (Å²) in [6.07, 6.45) is -0.427. The third-order valence-electron chi connectivity index (χ3n) is 2.13. The fourth-order valence-electron chi connectivity index (χ4n) is 1.35.